The van der Waals surface area contributed by atoms with Gasteiger partial charge in [-0.2, -0.15) is 0 Å². The fourth-order valence-corrected chi connectivity index (χ4v) is 2.65. The van der Waals surface area contributed by atoms with Gasteiger partial charge in [0.1, 0.15) is 5.76 Å². The van der Waals surface area contributed by atoms with Gasteiger partial charge in [-0.25, -0.2) is 0 Å². The maximum Gasteiger partial charge on any atom is 0.276 e. The Hall–Kier alpha value is -2.21. The minimum atomic E-state index is -0.102. The molecule has 1 aliphatic heterocycles. The van der Waals surface area contributed by atoms with Crippen molar-refractivity contribution in [1.29, 1.82) is 0 Å². The zero-order valence-corrected chi connectivity index (χ0v) is 12.1. The van der Waals surface area contributed by atoms with Crippen molar-refractivity contribution in [2.45, 2.75) is 26.5 Å². The van der Waals surface area contributed by atoms with Crippen LogP contribution in [0.15, 0.2) is 23.0 Å². The standard InChI is InChI=1S/C15H17N3O3/c1-10-5-14(17-21-10)15(19)18-4-3-13-11(8-18)6-16-7-12(13)9-20-2/h5-7H,3-4,8-9H2,1-2H3. The van der Waals surface area contributed by atoms with E-state index in [0.717, 1.165) is 17.5 Å². The average molecular weight is 287 g/mol. The number of amides is 1. The van der Waals surface area contributed by atoms with Crippen LogP contribution in [0.5, 0.6) is 0 Å². The summed E-state index contributed by atoms with van der Waals surface area (Å²) in [6.45, 7) is 3.53. The number of hydrogen-bond donors (Lipinski definition) is 0. The van der Waals surface area contributed by atoms with E-state index in [0.29, 0.717) is 31.2 Å². The molecule has 6 nitrogen and oxygen atoms in total. The molecule has 110 valence electrons. The zero-order valence-electron chi connectivity index (χ0n) is 12.1. The quantitative estimate of drug-likeness (QED) is 0.860. The second-order valence-electron chi connectivity index (χ2n) is 5.17. The van der Waals surface area contributed by atoms with Crippen molar-refractivity contribution in [2.24, 2.45) is 0 Å². The zero-order chi connectivity index (χ0) is 14.8. The molecule has 0 atom stereocenters. The Morgan fingerprint density at radius 1 is 1.48 bits per heavy atom. The molecule has 0 bridgehead atoms. The summed E-state index contributed by atoms with van der Waals surface area (Å²) in [5, 5.41) is 3.79. The van der Waals surface area contributed by atoms with Crippen molar-refractivity contribution in [3.63, 3.8) is 0 Å². The number of fused-ring (bicyclic) bond motifs is 1. The van der Waals surface area contributed by atoms with Gasteiger partial charge in [-0.15, -0.1) is 0 Å². The summed E-state index contributed by atoms with van der Waals surface area (Å²) in [5.74, 6) is 0.537. The van der Waals surface area contributed by atoms with E-state index in [2.05, 4.69) is 10.1 Å². The van der Waals surface area contributed by atoms with Crippen LogP contribution in [0, 0.1) is 6.92 Å². The predicted molar refractivity (Wildman–Crippen MR) is 74.6 cm³/mol. The third-order valence-electron chi connectivity index (χ3n) is 3.66. The number of ether oxygens (including phenoxy) is 1. The molecule has 21 heavy (non-hydrogen) atoms. The molecule has 0 unspecified atom stereocenters. The molecule has 3 heterocycles. The first-order chi connectivity index (χ1) is 10.2. The summed E-state index contributed by atoms with van der Waals surface area (Å²) in [6, 6.07) is 1.66. The number of methoxy groups -OCH3 is 1. The Kier molecular flexibility index (Phi) is 3.70. The topological polar surface area (TPSA) is 68.5 Å². The smallest absolute Gasteiger partial charge is 0.276 e. The number of rotatable bonds is 3. The van der Waals surface area contributed by atoms with Gasteiger partial charge in [0.15, 0.2) is 5.69 Å². The predicted octanol–water partition coefficient (Wildman–Crippen LogP) is 1.72. The normalized spacial score (nSPS) is 14.1. The molecule has 0 fully saturated rings. The van der Waals surface area contributed by atoms with E-state index in [1.165, 1.54) is 5.56 Å². The fraction of sp³-hybridized carbons (Fsp3) is 0.400. The second-order valence-corrected chi connectivity index (χ2v) is 5.17. The van der Waals surface area contributed by atoms with Gasteiger partial charge in [-0.3, -0.25) is 9.78 Å². The van der Waals surface area contributed by atoms with Crippen molar-refractivity contribution < 1.29 is 14.1 Å². The lowest BCUT2D eigenvalue weighted by Crippen LogP contribution is -2.36. The number of aryl methyl sites for hydroxylation is 1. The van der Waals surface area contributed by atoms with Gasteiger partial charge in [-0.1, -0.05) is 5.16 Å². The number of hydrogen-bond acceptors (Lipinski definition) is 5. The fourth-order valence-electron chi connectivity index (χ4n) is 2.65. The Balaban J connectivity index is 1.81. The third kappa shape index (κ3) is 2.67. The molecule has 0 radical (unpaired) electrons. The maximum atomic E-state index is 12.4. The van der Waals surface area contributed by atoms with Crippen LogP contribution < -0.4 is 0 Å². The van der Waals surface area contributed by atoms with Crippen molar-refractivity contribution in [2.75, 3.05) is 13.7 Å². The largest absolute Gasteiger partial charge is 0.380 e. The van der Waals surface area contributed by atoms with Gasteiger partial charge in [0.2, 0.25) is 0 Å². The SMILES string of the molecule is COCc1cncc2c1CCN(C(=O)c1cc(C)on1)C2. The first-order valence-electron chi connectivity index (χ1n) is 6.85. The highest BCUT2D eigenvalue weighted by molar-refractivity contribution is 5.92. The Morgan fingerprint density at radius 3 is 3.05 bits per heavy atom. The molecule has 6 heteroatoms. The van der Waals surface area contributed by atoms with Gasteiger partial charge in [-0.05, 0) is 30.0 Å². The number of pyridine rings is 1. The molecule has 2 aromatic heterocycles. The Labute approximate surface area is 122 Å². The van der Waals surface area contributed by atoms with E-state index in [4.69, 9.17) is 9.26 Å². The van der Waals surface area contributed by atoms with E-state index in [-0.39, 0.29) is 5.91 Å². The van der Waals surface area contributed by atoms with Gasteiger partial charge >= 0.3 is 0 Å². The summed E-state index contributed by atoms with van der Waals surface area (Å²) in [7, 11) is 1.67. The van der Waals surface area contributed by atoms with Crippen molar-refractivity contribution >= 4 is 5.91 Å². The van der Waals surface area contributed by atoms with E-state index in [1.807, 2.05) is 12.4 Å². The van der Waals surface area contributed by atoms with E-state index >= 15 is 0 Å². The summed E-state index contributed by atoms with van der Waals surface area (Å²) in [5.41, 5.74) is 3.77. The number of carbonyl (C=O) groups is 1. The van der Waals surface area contributed by atoms with Crippen molar-refractivity contribution in [3.8, 4) is 0 Å². The summed E-state index contributed by atoms with van der Waals surface area (Å²) < 4.78 is 10.2. The van der Waals surface area contributed by atoms with Crippen LogP contribution in [0.4, 0.5) is 0 Å². The Bertz CT molecular complexity index is 666. The van der Waals surface area contributed by atoms with Gasteiger partial charge in [0.05, 0.1) is 6.61 Å². The molecule has 0 N–H and O–H groups in total. The molecule has 1 amide bonds. The highest BCUT2D eigenvalue weighted by atomic mass is 16.5. The number of aromatic nitrogens is 2. The molecule has 0 aliphatic carbocycles. The van der Waals surface area contributed by atoms with Crippen LogP contribution in [0.25, 0.3) is 0 Å². The molecule has 0 saturated heterocycles. The van der Waals surface area contributed by atoms with Crippen LogP contribution in [0.1, 0.15) is 32.9 Å². The minimum absolute atomic E-state index is 0.102. The summed E-state index contributed by atoms with van der Waals surface area (Å²) in [6.07, 6.45) is 4.46. The summed E-state index contributed by atoms with van der Waals surface area (Å²) >= 11 is 0. The minimum Gasteiger partial charge on any atom is -0.380 e. The molecule has 0 aromatic carbocycles. The lowest BCUT2D eigenvalue weighted by Gasteiger charge is -2.29. The third-order valence-corrected chi connectivity index (χ3v) is 3.66. The van der Waals surface area contributed by atoms with Gasteiger partial charge in [0, 0.05) is 38.7 Å². The van der Waals surface area contributed by atoms with Crippen LogP contribution in [0.2, 0.25) is 0 Å². The molecule has 3 rings (SSSR count). The monoisotopic (exact) mass is 287 g/mol. The maximum absolute atomic E-state index is 12.4. The molecule has 0 saturated carbocycles. The molecular formula is C15H17N3O3. The molecular weight excluding hydrogens is 270 g/mol. The summed E-state index contributed by atoms with van der Waals surface area (Å²) in [4.78, 5) is 18.4. The number of carbonyl (C=O) groups excluding carboxylic acids is 1. The van der Waals surface area contributed by atoms with Gasteiger partial charge < -0.3 is 14.2 Å². The Morgan fingerprint density at radius 2 is 2.33 bits per heavy atom. The average Bonchev–Trinajstić information content (AvgIpc) is 2.93. The highest BCUT2D eigenvalue weighted by Crippen LogP contribution is 2.23. The second kappa shape index (κ2) is 5.65. The number of nitrogens with zero attached hydrogens (tertiary/aromatic N) is 3. The molecule has 2 aromatic rings. The van der Waals surface area contributed by atoms with Crippen LogP contribution >= 0.6 is 0 Å². The highest BCUT2D eigenvalue weighted by Gasteiger charge is 2.25. The van der Waals surface area contributed by atoms with Crippen LogP contribution in [-0.4, -0.2) is 34.6 Å². The van der Waals surface area contributed by atoms with Crippen molar-refractivity contribution in [3.05, 3.63) is 46.6 Å². The molecule has 1 aliphatic rings. The van der Waals surface area contributed by atoms with Crippen LogP contribution in [-0.2, 0) is 24.3 Å². The van der Waals surface area contributed by atoms with E-state index < -0.39 is 0 Å². The van der Waals surface area contributed by atoms with Crippen molar-refractivity contribution in [1.82, 2.24) is 15.0 Å². The van der Waals surface area contributed by atoms with E-state index in [9.17, 15) is 4.79 Å². The lowest BCUT2D eigenvalue weighted by molar-refractivity contribution is 0.0723. The van der Waals surface area contributed by atoms with Crippen LogP contribution in [0.3, 0.4) is 0 Å². The van der Waals surface area contributed by atoms with Gasteiger partial charge in [0.25, 0.3) is 5.91 Å². The first kappa shape index (κ1) is 13.8. The molecule has 0 spiro atoms. The lowest BCUT2D eigenvalue weighted by atomic mass is 9.97. The first-order valence-corrected chi connectivity index (χ1v) is 6.85. The van der Waals surface area contributed by atoms with E-state index in [1.54, 1.807) is 25.0 Å².